The second kappa shape index (κ2) is 8.48. The Labute approximate surface area is 149 Å². The molecule has 0 radical (unpaired) electrons. The van der Waals surface area contributed by atoms with Gasteiger partial charge in [0.2, 0.25) is 5.91 Å². The normalized spacial score (nSPS) is 20.9. The lowest BCUT2D eigenvalue weighted by atomic mass is 9.78. The van der Waals surface area contributed by atoms with E-state index in [1.165, 1.54) is 0 Å². The van der Waals surface area contributed by atoms with E-state index in [2.05, 4.69) is 26.1 Å². The number of amides is 1. The van der Waals surface area contributed by atoms with Gasteiger partial charge in [-0.2, -0.15) is 0 Å². The molecule has 1 aromatic rings. The highest BCUT2D eigenvalue weighted by Gasteiger charge is 2.35. The predicted octanol–water partition coefficient (Wildman–Crippen LogP) is 3.27. The van der Waals surface area contributed by atoms with E-state index in [1.54, 1.807) is 24.3 Å². The molecule has 1 heterocycles. The number of carboxylic acids is 1. The topological polar surface area (TPSA) is 75.6 Å². The SMILES string of the molecule is CC(C)(C)C1OCCCC1CNC(=O)CCc1ccccc1C(=O)O. The van der Waals surface area contributed by atoms with Crippen LogP contribution >= 0.6 is 0 Å². The molecule has 2 N–H and O–H groups in total. The van der Waals surface area contributed by atoms with E-state index in [1.807, 2.05) is 0 Å². The number of aryl methyl sites for hydroxylation is 1. The first kappa shape index (κ1) is 19.4. The van der Waals surface area contributed by atoms with Crippen molar-refractivity contribution in [2.24, 2.45) is 11.3 Å². The summed E-state index contributed by atoms with van der Waals surface area (Å²) in [5, 5.41) is 12.2. The van der Waals surface area contributed by atoms with E-state index < -0.39 is 5.97 Å². The van der Waals surface area contributed by atoms with Crippen molar-refractivity contribution in [3.63, 3.8) is 0 Å². The first-order valence-corrected chi connectivity index (χ1v) is 8.98. The van der Waals surface area contributed by atoms with Crippen molar-refractivity contribution in [1.29, 1.82) is 0 Å². The number of hydrogen-bond donors (Lipinski definition) is 2. The Morgan fingerprint density at radius 2 is 2.00 bits per heavy atom. The molecule has 0 saturated carbocycles. The summed E-state index contributed by atoms with van der Waals surface area (Å²) in [7, 11) is 0. The van der Waals surface area contributed by atoms with Gasteiger partial charge in [-0.3, -0.25) is 4.79 Å². The molecule has 1 aliphatic rings. The summed E-state index contributed by atoms with van der Waals surface area (Å²) in [6.45, 7) is 7.90. The number of carbonyl (C=O) groups is 2. The van der Waals surface area contributed by atoms with E-state index >= 15 is 0 Å². The smallest absolute Gasteiger partial charge is 0.335 e. The standard InChI is InChI=1S/C20H29NO4/c1-20(2,3)18-15(8-6-12-25-18)13-21-17(22)11-10-14-7-4-5-9-16(14)19(23)24/h4-5,7,9,15,18H,6,8,10-13H2,1-3H3,(H,21,22)(H,23,24). The van der Waals surface area contributed by atoms with Gasteiger partial charge >= 0.3 is 5.97 Å². The van der Waals surface area contributed by atoms with Crippen molar-refractivity contribution in [1.82, 2.24) is 5.32 Å². The van der Waals surface area contributed by atoms with Crippen molar-refractivity contribution >= 4 is 11.9 Å². The summed E-state index contributed by atoms with van der Waals surface area (Å²) in [6, 6.07) is 6.83. The zero-order valence-corrected chi connectivity index (χ0v) is 15.4. The van der Waals surface area contributed by atoms with Gasteiger partial charge in [0, 0.05) is 25.5 Å². The van der Waals surface area contributed by atoms with Gasteiger partial charge in [0.15, 0.2) is 0 Å². The molecule has 5 nitrogen and oxygen atoms in total. The van der Waals surface area contributed by atoms with Crippen LogP contribution in [-0.4, -0.2) is 36.2 Å². The molecule has 0 aliphatic carbocycles. The van der Waals surface area contributed by atoms with Gasteiger partial charge < -0.3 is 15.2 Å². The summed E-state index contributed by atoms with van der Waals surface area (Å²) >= 11 is 0. The van der Waals surface area contributed by atoms with E-state index in [0.29, 0.717) is 24.4 Å². The second-order valence-corrected chi connectivity index (χ2v) is 7.83. The summed E-state index contributed by atoms with van der Waals surface area (Å²) in [6.07, 6.45) is 2.95. The number of aromatic carboxylic acids is 1. The molecule has 0 bridgehead atoms. The summed E-state index contributed by atoms with van der Waals surface area (Å²) < 4.78 is 5.94. The van der Waals surface area contributed by atoms with Crippen LogP contribution in [0.25, 0.3) is 0 Å². The summed E-state index contributed by atoms with van der Waals surface area (Å²) in [4.78, 5) is 23.4. The van der Waals surface area contributed by atoms with Crippen LogP contribution in [-0.2, 0) is 16.0 Å². The minimum absolute atomic E-state index is 0.0431. The monoisotopic (exact) mass is 347 g/mol. The molecule has 138 valence electrons. The lowest BCUT2D eigenvalue weighted by Gasteiger charge is -2.40. The first-order chi connectivity index (χ1) is 11.8. The van der Waals surface area contributed by atoms with E-state index in [9.17, 15) is 14.7 Å². The fourth-order valence-electron chi connectivity index (χ4n) is 3.54. The van der Waals surface area contributed by atoms with Gasteiger partial charge in [-0.05, 0) is 36.3 Å². The fourth-order valence-corrected chi connectivity index (χ4v) is 3.54. The largest absolute Gasteiger partial charge is 0.478 e. The number of rotatable bonds is 6. The third kappa shape index (κ3) is 5.56. The zero-order valence-electron chi connectivity index (χ0n) is 15.4. The average molecular weight is 347 g/mol. The highest BCUT2D eigenvalue weighted by molar-refractivity contribution is 5.89. The van der Waals surface area contributed by atoms with Crippen LogP contribution in [0.3, 0.4) is 0 Å². The highest BCUT2D eigenvalue weighted by atomic mass is 16.5. The molecule has 1 aromatic carbocycles. The molecule has 2 atom stereocenters. The Hall–Kier alpha value is -1.88. The van der Waals surface area contributed by atoms with Crippen LogP contribution in [0, 0.1) is 11.3 Å². The molecule has 1 amide bonds. The quantitative estimate of drug-likeness (QED) is 0.828. The molecule has 0 spiro atoms. The molecular weight excluding hydrogens is 318 g/mol. The number of carboxylic acid groups (broad SMARTS) is 1. The molecule has 1 saturated heterocycles. The van der Waals surface area contributed by atoms with Crippen LogP contribution in [0.5, 0.6) is 0 Å². The minimum Gasteiger partial charge on any atom is -0.478 e. The third-order valence-corrected chi connectivity index (χ3v) is 4.73. The van der Waals surface area contributed by atoms with Crippen molar-refractivity contribution in [2.45, 2.75) is 52.6 Å². The lowest BCUT2D eigenvalue weighted by Crippen LogP contribution is -2.45. The Morgan fingerprint density at radius 1 is 1.28 bits per heavy atom. The van der Waals surface area contributed by atoms with Crippen LogP contribution in [0.15, 0.2) is 24.3 Å². The highest BCUT2D eigenvalue weighted by Crippen LogP contribution is 2.33. The molecular formula is C20H29NO4. The Kier molecular flexibility index (Phi) is 6.59. The minimum atomic E-state index is -0.955. The van der Waals surface area contributed by atoms with Gasteiger partial charge in [0.25, 0.3) is 0 Å². The summed E-state index contributed by atoms with van der Waals surface area (Å²) in [5.74, 6) is -0.675. The Morgan fingerprint density at radius 3 is 2.68 bits per heavy atom. The van der Waals surface area contributed by atoms with Crippen LogP contribution in [0.4, 0.5) is 0 Å². The fraction of sp³-hybridized carbons (Fsp3) is 0.600. The first-order valence-electron chi connectivity index (χ1n) is 8.98. The maximum atomic E-state index is 12.2. The zero-order chi connectivity index (χ0) is 18.4. The van der Waals surface area contributed by atoms with Crippen LogP contribution < -0.4 is 5.32 Å². The van der Waals surface area contributed by atoms with Gasteiger partial charge in [0.1, 0.15) is 0 Å². The number of hydrogen-bond acceptors (Lipinski definition) is 3. The van der Waals surface area contributed by atoms with Gasteiger partial charge in [-0.1, -0.05) is 39.0 Å². The maximum absolute atomic E-state index is 12.2. The number of nitrogens with one attached hydrogen (secondary N) is 1. The van der Waals surface area contributed by atoms with E-state index in [0.717, 1.165) is 19.4 Å². The van der Waals surface area contributed by atoms with Crippen molar-refractivity contribution < 1.29 is 19.4 Å². The molecule has 2 unspecified atom stereocenters. The number of carbonyl (C=O) groups excluding carboxylic acids is 1. The van der Waals surface area contributed by atoms with Gasteiger partial charge in [-0.15, -0.1) is 0 Å². The number of ether oxygens (including phenoxy) is 1. The van der Waals surface area contributed by atoms with Crippen molar-refractivity contribution in [2.75, 3.05) is 13.2 Å². The Balaban J connectivity index is 1.85. The van der Waals surface area contributed by atoms with Crippen LogP contribution in [0.1, 0.15) is 56.0 Å². The summed E-state index contributed by atoms with van der Waals surface area (Å²) in [5.41, 5.74) is 1.01. The molecule has 2 rings (SSSR count). The molecule has 0 aromatic heterocycles. The van der Waals surface area contributed by atoms with E-state index in [-0.39, 0.29) is 29.4 Å². The lowest BCUT2D eigenvalue weighted by molar-refractivity contribution is -0.123. The Bertz CT molecular complexity index is 606. The third-order valence-electron chi connectivity index (χ3n) is 4.73. The van der Waals surface area contributed by atoms with Gasteiger partial charge in [-0.25, -0.2) is 4.79 Å². The average Bonchev–Trinajstić information content (AvgIpc) is 2.57. The molecule has 25 heavy (non-hydrogen) atoms. The van der Waals surface area contributed by atoms with Crippen molar-refractivity contribution in [3.05, 3.63) is 35.4 Å². The number of benzene rings is 1. The van der Waals surface area contributed by atoms with Crippen molar-refractivity contribution in [3.8, 4) is 0 Å². The maximum Gasteiger partial charge on any atom is 0.335 e. The van der Waals surface area contributed by atoms with E-state index in [4.69, 9.17) is 4.74 Å². The molecule has 1 fully saturated rings. The molecule has 1 aliphatic heterocycles. The van der Waals surface area contributed by atoms with Gasteiger partial charge in [0.05, 0.1) is 11.7 Å². The predicted molar refractivity (Wildman–Crippen MR) is 96.7 cm³/mol. The second-order valence-electron chi connectivity index (χ2n) is 7.83. The molecule has 5 heteroatoms. The van der Waals surface area contributed by atoms with Crippen LogP contribution in [0.2, 0.25) is 0 Å².